The minimum atomic E-state index is -2.63. The molecule has 5 nitrogen and oxygen atoms in total. The highest BCUT2D eigenvalue weighted by Gasteiger charge is 2.31. The predicted octanol–water partition coefficient (Wildman–Crippen LogP) is 2.83. The summed E-state index contributed by atoms with van der Waals surface area (Å²) in [6.07, 6.45) is 4.32. The summed E-state index contributed by atoms with van der Waals surface area (Å²) in [6, 6.07) is 5.54. The Kier molecular flexibility index (Phi) is 3.38. The van der Waals surface area contributed by atoms with Crippen LogP contribution in [0.2, 0.25) is 0 Å². The zero-order valence-corrected chi connectivity index (χ0v) is 13.3. The van der Waals surface area contributed by atoms with Crippen LogP contribution in [-0.4, -0.2) is 25.8 Å². The molecule has 8 heteroatoms. The molecule has 0 bridgehead atoms. The number of hydrogen-bond acceptors (Lipinski definition) is 3. The van der Waals surface area contributed by atoms with Gasteiger partial charge in [0, 0.05) is 24.3 Å². The maximum absolute atomic E-state index is 13.3. The number of carbonyl (C=O) groups excluding carboxylic acids is 1. The van der Waals surface area contributed by atoms with Crippen molar-refractivity contribution in [3.05, 3.63) is 42.1 Å². The van der Waals surface area contributed by atoms with Gasteiger partial charge < -0.3 is 0 Å². The molecule has 24 heavy (non-hydrogen) atoms. The Balaban J connectivity index is 1.77. The average molecular weight is 349 g/mol. The number of aromatic nitrogens is 2. The van der Waals surface area contributed by atoms with Crippen LogP contribution in [0.15, 0.2) is 36.5 Å². The molecule has 1 aliphatic heterocycles. The summed E-state index contributed by atoms with van der Waals surface area (Å²) in [7, 11) is -1.65. The minimum absolute atomic E-state index is 0.163. The first-order valence-corrected chi connectivity index (χ1v) is 8.57. The number of allylic oxidation sites excluding steroid dienone is 2. The zero-order chi connectivity index (χ0) is 16.9. The molecule has 1 aromatic heterocycles. The molecule has 2 aromatic rings. The number of halogens is 2. The SMILES string of the molecule is O=C1C=C(n2ncc3ccc(C4=CCC(F)(F)CC4)cc32)S(=O)N1. The topological polar surface area (TPSA) is 64.0 Å². The Morgan fingerprint density at radius 3 is 2.83 bits per heavy atom. The quantitative estimate of drug-likeness (QED) is 0.907. The number of fused-ring (bicyclic) bond motifs is 1. The van der Waals surface area contributed by atoms with Gasteiger partial charge in [0.1, 0.15) is 0 Å². The first-order valence-electron chi connectivity index (χ1n) is 7.42. The van der Waals surface area contributed by atoms with E-state index < -0.39 is 22.8 Å². The fourth-order valence-electron chi connectivity index (χ4n) is 2.93. The van der Waals surface area contributed by atoms with Crippen molar-refractivity contribution in [2.24, 2.45) is 0 Å². The smallest absolute Gasteiger partial charge is 0.258 e. The van der Waals surface area contributed by atoms with E-state index >= 15 is 0 Å². The molecule has 1 unspecified atom stereocenters. The first-order chi connectivity index (χ1) is 11.4. The van der Waals surface area contributed by atoms with E-state index in [0.717, 1.165) is 16.5 Å². The van der Waals surface area contributed by atoms with Crippen LogP contribution in [-0.2, 0) is 15.8 Å². The summed E-state index contributed by atoms with van der Waals surface area (Å²) < 4.78 is 42.3. The van der Waals surface area contributed by atoms with Crippen LogP contribution in [0.5, 0.6) is 0 Å². The second-order valence-electron chi connectivity index (χ2n) is 5.84. The second kappa shape index (κ2) is 5.34. The van der Waals surface area contributed by atoms with Gasteiger partial charge in [-0.3, -0.25) is 9.52 Å². The third-order valence-electron chi connectivity index (χ3n) is 4.20. The standard InChI is InChI=1S/C16H13F2N3O2S/c17-16(18)5-3-10(4-6-16)11-1-2-12-9-19-21(13(12)7-11)15-8-14(22)20-24(15)23/h1-3,7-9H,4-6H2,(H,20,22). The summed E-state index contributed by atoms with van der Waals surface area (Å²) in [5.74, 6) is -3.06. The van der Waals surface area contributed by atoms with Crippen LogP contribution >= 0.6 is 0 Å². The Hall–Kier alpha value is -2.35. The van der Waals surface area contributed by atoms with E-state index in [2.05, 4.69) is 9.82 Å². The van der Waals surface area contributed by atoms with Crippen molar-refractivity contribution < 1.29 is 17.8 Å². The molecule has 1 aromatic carbocycles. The summed E-state index contributed by atoms with van der Waals surface area (Å²) in [5.41, 5.74) is 2.39. The summed E-state index contributed by atoms with van der Waals surface area (Å²) in [4.78, 5) is 11.4. The van der Waals surface area contributed by atoms with E-state index in [9.17, 15) is 17.8 Å². The van der Waals surface area contributed by atoms with Gasteiger partial charge in [0.25, 0.3) is 11.8 Å². The van der Waals surface area contributed by atoms with Gasteiger partial charge in [-0.25, -0.2) is 17.7 Å². The number of carbonyl (C=O) groups is 1. The highest BCUT2D eigenvalue weighted by atomic mass is 32.2. The summed E-state index contributed by atoms with van der Waals surface area (Å²) >= 11 is 0. The lowest BCUT2D eigenvalue weighted by Gasteiger charge is -2.21. The van der Waals surface area contributed by atoms with E-state index in [1.54, 1.807) is 12.3 Å². The molecule has 1 atom stereocenters. The maximum Gasteiger partial charge on any atom is 0.258 e. The zero-order valence-electron chi connectivity index (χ0n) is 12.5. The van der Waals surface area contributed by atoms with Gasteiger partial charge in [-0.15, -0.1) is 0 Å². The van der Waals surface area contributed by atoms with Crippen molar-refractivity contribution in [3.63, 3.8) is 0 Å². The molecule has 2 heterocycles. The third-order valence-corrected chi connectivity index (χ3v) is 5.25. The first kappa shape index (κ1) is 15.2. The molecule has 124 valence electrons. The molecule has 1 amide bonds. The van der Waals surface area contributed by atoms with Gasteiger partial charge in [-0.1, -0.05) is 18.2 Å². The van der Waals surface area contributed by atoms with Crippen molar-refractivity contribution in [1.82, 2.24) is 14.5 Å². The van der Waals surface area contributed by atoms with Gasteiger partial charge >= 0.3 is 0 Å². The van der Waals surface area contributed by atoms with Crippen molar-refractivity contribution in [2.75, 3.05) is 0 Å². The Morgan fingerprint density at radius 2 is 2.17 bits per heavy atom. The Labute approximate surface area is 138 Å². The second-order valence-corrected chi connectivity index (χ2v) is 7.00. The monoisotopic (exact) mass is 349 g/mol. The highest BCUT2D eigenvalue weighted by molar-refractivity contribution is 7.93. The van der Waals surface area contributed by atoms with E-state index in [1.165, 1.54) is 10.8 Å². The number of rotatable bonds is 2. The molecule has 0 saturated carbocycles. The Morgan fingerprint density at radius 1 is 1.33 bits per heavy atom. The summed E-state index contributed by atoms with van der Waals surface area (Å²) in [5, 5.41) is 5.27. The molecular weight excluding hydrogens is 336 g/mol. The number of alkyl halides is 2. The van der Waals surface area contributed by atoms with Crippen LogP contribution in [0.4, 0.5) is 8.78 Å². The van der Waals surface area contributed by atoms with E-state index in [0.29, 0.717) is 11.9 Å². The van der Waals surface area contributed by atoms with Gasteiger partial charge in [-0.2, -0.15) is 5.10 Å². The van der Waals surface area contributed by atoms with Gasteiger partial charge in [0.2, 0.25) is 0 Å². The number of benzene rings is 1. The molecule has 2 aliphatic rings. The molecular formula is C16H13F2N3O2S. The third kappa shape index (κ3) is 2.56. The number of amides is 1. The molecule has 1 N–H and O–H groups in total. The maximum atomic E-state index is 13.3. The minimum Gasteiger partial charge on any atom is -0.269 e. The largest absolute Gasteiger partial charge is 0.269 e. The summed E-state index contributed by atoms with van der Waals surface area (Å²) in [6.45, 7) is 0. The van der Waals surface area contributed by atoms with Crippen LogP contribution in [0.25, 0.3) is 21.5 Å². The number of hydrogen-bond donors (Lipinski definition) is 1. The fourth-order valence-corrected chi connectivity index (χ4v) is 3.79. The van der Waals surface area contributed by atoms with Gasteiger partial charge in [-0.05, 0) is 23.6 Å². The van der Waals surface area contributed by atoms with Crippen LogP contribution < -0.4 is 4.72 Å². The number of nitrogens with zero attached hydrogens (tertiary/aromatic N) is 2. The molecule has 0 spiro atoms. The lowest BCUT2D eigenvalue weighted by Crippen LogP contribution is -2.18. The molecule has 0 radical (unpaired) electrons. The number of nitrogens with one attached hydrogen (secondary N) is 1. The molecule has 0 saturated heterocycles. The fraction of sp³-hybridized carbons (Fsp3) is 0.250. The van der Waals surface area contributed by atoms with Crippen LogP contribution in [0.1, 0.15) is 24.8 Å². The van der Waals surface area contributed by atoms with Crippen LogP contribution in [0.3, 0.4) is 0 Å². The lowest BCUT2D eigenvalue weighted by atomic mass is 9.91. The highest BCUT2D eigenvalue weighted by Crippen LogP contribution is 2.37. The van der Waals surface area contributed by atoms with Crippen molar-refractivity contribution in [3.8, 4) is 0 Å². The normalized spacial score (nSPS) is 23.1. The van der Waals surface area contributed by atoms with Gasteiger partial charge in [0.05, 0.1) is 11.7 Å². The van der Waals surface area contributed by atoms with Crippen molar-refractivity contribution in [2.45, 2.75) is 25.2 Å². The molecule has 4 rings (SSSR count). The molecule has 1 aliphatic carbocycles. The predicted molar refractivity (Wildman–Crippen MR) is 87.1 cm³/mol. The molecule has 0 fully saturated rings. The van der Waals surface area contributed by atoms with E-state index in [4.69, 9.17) is 0 Å². The Bertz CT molecular complexity index is 946. The van der Waals surface area contributed by atoms with E-state index in [-0.39, 0.29) is 17.9 Å². The van der Waals surface area contributed by atoms with E-state index in [1.807, 2.05) is 18.2 Å². The lowest BCUT2D eigenvalue weighted by molar-refractivity contribution is -0.114. The van der Waals surface area contributed by atoms with Crippen molar-refractivity contribution >= 4 is 38.4 Å². The van der Waals surface area contributed by atoms with Crippen molar-refractivity contribution in [1.29, 1.82) is 0 Å². The van der Waals surface area contributed by atoms with Gasteiger partial charge in [0.15, 0.2) is 16.0 Å². The van der Waals surface area contributed by atoms with Crippen LogP contribution in [0, 0.1) is 0 Å². The average Bonchev–Trinajstić information content (AvgIpc) is 3.09.